The van der Waals surface area contributed by atoms with E-state index in [1.165, 1.54) is 49.4 Å². The van der Waals surface area contributed by atoms with Crippen molar-refractivity contribution in [2.75, 3.05) is 13.2 Å². The zero-order chi connectivity index (χ0) is 24.2. The lowest BCUT2D eigenvalue weighted by atomic mass is 9.87. The van der Waals surface area contributed by atoms with Gasteiger partial charge >= 0.3 is 0 Å². The summed E-state index contributed by atoms with van der Waals surface area (Å²) in [5.41, 5.74) is 7.15. The van der Waals surface area contributed by atoms with Crippen molar-refractivity contribution in [3.63, 3.8) is 0 Å². The summed E-state index contributed by atoms with van der Waals surface area (Å²) in [6.45, 7) is 5.06. The van der Waals surface area contributed by atoms with Crippen LogP contribution in [0.4, 0.5) is 0 Å². The molecular formula is C32H29NO2. The first-order valence-corrected chi connectivity index (χ1v) is 12.3. The normalized spacial score (nSPS) is 11.1. The number of hydrogen-bond donors (Lipinski definition) is 0. The van der Waals surface area contributed by atoms with Gasteiger partial charge in [0.15, 0.2) is 0 Å². The third-order valence-electron chi connectivity index (χ3n) is 6.60. The molecule has 35 heavy (non-hydrogen) atoms. The number of nitrogens with zero attached hydrogens (tertiary/aromatic N) is 1. The Labute approximate surface area is 206 Å². The van der Waals surface area contributed by atoms with Gasteiger partial charge in [-0.05, 0) is 82.6 Å². The molecule has 0 N–H and O–H groups in total. The number of ether oxygens (including phenoxy) is 1. The van der Waals surface area contributed by atoms with Crippen molar-refractivity contribution in [3.8, 4) is 28.0 Å². The monoisotopic (exact) mass is 459 g/mol. The lowest BCUT2D eigenvalue weighted by Crippen LogP contribution is -1.99. The van der Waals surface area contributed by atoms with Gasteiger partial charge in [0.2, 0.25) is 0 Å². The quantitative estimate of drug-likeness (QED) is 0.172. The standard InChI is InChI=1S/C32H29NO2/c1-3-35-30-18-15-27-21-25(23-8-5-4-6-9-23)14-17-29(27)32(30)31-24(10-7-19-33-34)12-13-26-20-22(2)11-16-28(26)31/h4-6,8-9,11-18,20-21H,3,7,10,19H2,1-2H3. The smallest absolute Gasteiger partial charge is 0.127 e. The summed E-state index contributed by atoms with van der Waals surface area (Å²) in [5.74, 6) is 0.885. The maximum atomic E-state index is 10.8. The predicted molar refractivity (Wildman–Crippen MR) is 147 cm³/mol. The van der Waals surface area contributed by atoms with E-state index in [2.05, 4.69) is 97.0 Å². The van der Waals surface area contributed by atoms with Gasteiger partial charge < -0.3 is 4.74 Å². The van der Waals surface area contributed by atoms with Crippen molar-refractivity contribution >= 4 is 21.5 Å². The average Bonchev–Trinajstić information content (AvgIpc) is 2.89. The van der Waals surface area contributed by atoms with E-state index in [4.69, 9.17) is 4.74 Å². The molecule has 0 atom stereocenters. The summed E-state index contributed by atoms with van der Waals surface area (Å²) in [4.78, 5) is 10.8. The van der Waals surface area contributed by atoms with Crippen LogP contribution in [0.15, 0.2) is 96.2 Å². The minimum atomic E-state index is 0.319. The Morgan fingerprint density at radius 2 is 1.49 bits per heavy atom. The van der Waals surface area contributed by atoms with Crippen LogP contribution < -0.4 is 4.74 Å². The Morgan fingerprint density at radius 3 is 2.29 bits per heavy atom. The first-order valence-electron chi connectivity index (χ1n) is 12.3. The minimum absolute atomic E-state index is 0.319. The van der Waals surface area contributed by atoms with Crippen molar-refractivity contribution in [1.82, 2.24) is 0 Å². The highest BCUT2D eigenvalue weighted by Gasteiger charge is 2.18. The van der Waals surface area contributed by atoms with Gasteiger partial charge in [-0.15, -0.1) is 0 Å². The molecule has 0 saturated carbocycles. The molecule has 0 amide bonds. The largest absolute Gasteiger partial charge is 0.493 e. The van der Waals surface area contributed by atoms with Crippen molar-refractivity contribution < 1.29 is 4.74 Å². The van der Waals surface area contributed by atoms with Gasteiger partial charge in [-0.3, -0.25) is 0 Å². The maximum Gasteiger partial charge on any atom is 0.127 e. The molecule has 0 bridgehead atoms. The minimum Gasteiger partial charge on any atom is -0.493 e. The van der Waals surface area contributed by atoms with Gasteiger partial charge in [-0.2, -0.15) is 4.91 Å². The molecule has 0 spiro atoms. The summed E-state index contributed by atoms with van der Waals surface area (Å²) < 4.78 is 6.20. The molecule has 5 aromatic rings. The molecule has 174 valence electrons. The Kier molecular flexibility index (Phi) is 6.58. The van der Waals surface area contributed by atoms with Gasteiger partial charge in [0.25, 0.3) is 0 Å². The fourth-order valence-corrected chi connectivity index (χ4v) is 4.99. The van der Waals surface area contributed by atoms with E-state index in [1.807, 2.05) is 13.0 Å². The van der Waals surface area contributed by atoms with E-state index >= 15 is 0 Å². The molecule has 0 aliphatic carbocycles. The predicted octanol–water partition coefficient (Wildman–Crippen LogP) is 8.73. The first kappa shape index (κ1) is 22.8. The highest BCUT2D eigenvalue weighted by atomic mass is 16.5. The van der Waals surface area contributed by atoms with E-state index in [0.717, 1.165) is 24.2 Å². The van der Waals surface area contributed by atoms with Crippen molar-refractivity contribution in [1.29, 1.82) is 0 Å². The molecule has 0 saturated heterocycles. The van der Waals surface area contributed by atoms with E-state index in [9.17, 15) is 4.91 Å². The van der Waals surface area contributed by atoms with Gasteiger partial charge in [0, 0.05) is 5.56 Å². The van der Waals surface area contributed by atoms with E-state index in [0.29, 0.717) is 13.2 Å². The maximum absolute atomic E-state index is 10.8. The Bertz CT molecular complexity index is 1510. The van der Waals surface area contributed by atoms with E-state index in [-0.39, 0.29) is 0 Å². The van der Waals surface area contributed by atoms with Gasteiger partial charge in [-0.1, -0.05) is 89.6 Å². The number of benzene rings is 5. The number of aryl methyl sites for hydroxylation is 2. The number of nitroso groups, excluding NO2 is 1. The molecule has 0 heterocycles. The average molecular weight is 460 g/mol. The molecule has 0 radical (unpaired) electrons. The molecule has 0 aliphatic rings. The topological polar surface area (TPSA) is 38.7 Å². The Morgan fingerprint density at radius 1 is 0.743 bits per heavy atom. The van der Waals surface area contributed by atoms with Crippen LogP contribution in [0.1, 0.15) is 24.5 Å². The number of fused-ring (bicyclic) bond motifs is 2. The number of hydrogen-bond acceptors (Lipinski definition) is 3. The third-order valence-corrected chi connectivity index (χ3v) is 6.60. The van der Waals surface area contributed by atoms with Crippen LogP contribution in [0.5, 0.6) is 5.75 Å². The Hall–Kier alpha value is -3.98. The van der Waals surface area contributed by atoms with Crippen molar-refractivity contribution in [2.45, 2.75) is 26.7 Å². The van der Waals surface area contributed by atoms with Crippen LogP contribution in [-0.4, -0.2) is 13.2 Å². The molecular weight excluding hydrogens is 430 g/mol. The zero-order valence-corrected chi connectivity index (χ0v) is 20.3. The zero-order valence-electron chi connectivity index (χ0n) is 20.3. The van der Waals surface area contributed by atoms with Gasteiger partial charge in [0.1, 0.15) is 5.75 Å². The van der Waals surface area contributed by atoms with Crippen LogP contribution in [0, 0.1) is 11.8 Å². The molecule has 3 nitrogen and oxygen atoms in total. The fraction of sp³-hybridized carbons (Fsp3) is 0.188. The molecule has 5 aromatic carbocycles. The van der Waals surface area contributed by atoms with Gasteiger partial charge in [0.05, 0.1) is 13.2 Å². The Balaban J connectivity index is 1.79. The second-order valence-electron chi connectivity index (χ2n) is 8.95. The number of rotatable bonds is 8. The summed E-state index contributed by atoms with van der Waals surface area (Å²) in [6, 6.07) is 32.4. The van der Waals surface area contributed by atoms with Crippen molar-refractivity contribution in [2.24, 2.45) is 5.18 Å². The highest BCUT2D eigenvalue weighted by molar-refractivity contribution is 6.09. The molecule has 0 unspecified atom stereocenters. The molecule has 5 rings (SSSR count). The van der Waals surface area contributed by atoms with Crippen LogP contribution in [0.2, 0.25) is 0 Å². The fourth-order valence-electron chi connectivity index (χ4n) is 4.99. The molecule has 0 aromatic heterocycles. The van der Waals surface area contributed by atoms with E-state index in [1.54, 1.807) is 0 Å². The van der Waals surface area contributed by atoms with Crippen LogP contribution in [-0.2, 0) is 6.42 Å². The second-order valence-corrected chi connectivity index (χ2v) is 8.95. The van der Waals surface area contributed by atoms with Crippen LogP contribution in [0.3, 0.4) is 0 Å². The summed E-state index contributed by atoms with van der Waals surface area (Å²) in [6.07, 6.45) is 1.51. The lowest BCUT2D eigenvalue weighted by molar-refractivity contribution is 0.342. The van der Waals surface area contributed by atoms with Crippen LogP contribution in [0.25, 0.3) is 43.8 Å². The summed E-state index contributed by atoms with van der Waals surface area (Å²) in [5, 5.41) is 7.84. The third kappa shape index (κ3) is 4.54. The molecule has 0 fully saturated rings. The SMILES string of the molecule is CCOc1ccc2cc(-c3ccccc3)ccc2c1-c1c(CCCN=O)ccc2cc(C)ccc12. The molecule has 3 heteroatoms. The van der Waals surface area contributed by atoms with Crippen molar-refractivity contribution in [3.05, 3.63) is 107 Å². The van der Waals surface area contributed by atoms with Gasteiger partial charge in [-0.25, -0.2) is 0 Å². The lowest BCUT2D eigenvalue weighted by Gasteiger charge is -2.20. The highest BCUT2D eigenvalue weighted by Crippen LogP contribution is 2.44. The first-order chi connectivity index (χ1) is 17.2. The summed E-state index contributed by atoms with van der Waals surface area (Å²) >= 11 is 0. The summed E-state index contributed by atoms with van der Waals surface area (Å²) in [7, 11) is 0. The van der Waals surface area contributed by atoms with Crippen LogP contribution >= 0.6 is 0 Å². The van der Waals surface area contributed by atoms with E-state index < -0.39 is 0 Å². The second kappa shape index (κ2) is 10.1. The molecule has 0 aliphatic heterocycles.